The average Bonchev–Trinajstić information content (AvgIpc) is 3.46. The molecule has 2 aliphatic rings. The van der Waals surface area contributed by atoms with Gasteiger partial charge in [-0.2, -0.15) is 5.10 Å². The summed E-state index contributed by atoms with van der Waals surface area (Å²) in [4.78, 5) is 33.4. The molecule has 4 bridgehead atoms. The van der Waals surface area contributed by atoms with E-state index in [1.54, 1.807) is 24.3 Å². The van der Waals surface area contributed by atoms with Gasteiger partial charge in [0.15, 0.2) is 5.69 Å². The Morgan fingerprint density at radius 3 is 2.94 bits per heavy atom. The van der Waals surface area contributed by atoms with E-state index in [0.717, 1.165) is 46.8 Å². The minimum atomic E-state index is -0.135. The number of carbonyl (C=O) groups excluding carboxylic acids is 1. The minimum Gasteiger partial charge on any atom is -0.340 e. The van der Waals surface area contributed by atoms with Crippen LogP contribution in [0.25, 0.3) is 17.0 Å². The van der Waals surface area contributed by atoms with E-state index in [0.29, 0.717) is 30.3 Å². The molecule has 0 unspecified atom stereocenters. The predicted octanol–water partition coefficient (Wildman–Crippen LogP) is 2.12. The van der Waals surface area contributed by atoms with Crippen molar-refractivity contribution in [2.45, 2.75) is 26.4 Å². The van der Waals surface area contributed by atoms with Gasteiger partial charge in [0, 0.05) is 61.6 Å². The number of imidazole rings is 1. The molecular weight excluding hydrogens is 392 g/mol. The molecule has 4 aromatic rings. The summed E-state index contributed by atoms with van der Waals surface area (Å²) in [6.45, 7) is 3.86. The SMILES string of the molecule is Cc1nn2cc1C1=NCc3ncc(cc31)-c1c(nc3ncccn13)C(=O)N(C)CCC2. The first-order valence-electron chi connectivity index (χ1n) is 10.3. The van der Waals surface area contributed by atoms with Gasteiger partial charge in [0.2, 0.25) is 5.78 Å². The maximum Gasteiger partial charge on any atom is 0.274 e. The molecule has 0 saturated heterocycles. The molecule has 9 heteroatoms. The lowest BCUT2D eigenvalue weighted by Crippen LogP contribution is -2.29. The van der Waals surface area contributed by atoms with E-state index in [1.807, 2.05) is 34.5 Å². The third-order valence-corrected chi connectivity index (χ3v) is 5.92. The predicted molar refractivity (Wildman–Crippen MR) is 114 cm³/mol. The van der Waals surface area contributed by atoms with Gasteiger partial charge in [-0.05, 0) is 25.5 Å². The van der Waals surface area contributed by atoms with Gasteiger partial charge in [-0.25, -0.2) is 9.97 Å². The highest BCUT2D eigenvalue weighted by atomic mass is 16.2. The van der Waals surface area contributed by atoms with E-state index >= 15 is 0 Å². The van der Waals surface area contributed by atoms with Crippen molar-refractivity contribution in [1.82, 2.24) is 34.0 Å². The standard InChI is InChI=1S/C22H20N8O/c1-13-16-12-29(27-13)7-4-6-28(2)21(31)19-20(30-8-3-5-23-22(30)26-19)14-9-15-17(24-10-14)11-25-18(15)16/h3,5,8-10,12H,4,6-7,11H2,1-2H3. The molecule has 0 spiro atoms. The molecule has 154 valence electrons. The first-order chi connectivity index (χ1) is 15.1. The first kappa shape index (κ1) is 17.9. The lowest BCUT2D eigenvalue weighted by atomic mass is 10.0. The molecule has 0 aromatic carbocycles. The smallest absolute Gasteiger partial charge is 0.274 e. The van der Waals surface area contributed by atoms with Gasteiger partial charge in [0.25, 0.3) is 5.91 Å². The van der Waals surface area contributed by atoms with E-state index in [1.165, 1.54) is 0 Å². The third kappa shape index (κ3) is 2.69. The fraction of sp³-hybridized carbons (Fsp3) is 0.273. The van der Waals surface area contributed by atoms with Crippen LogP contribution in [0.1, 0.15) is 39.4 Å². The Balaban J connectivity index is 1.63. The highest BCUT2D eigenvalue weighted by molar-refractivity contribution is 6.16. The van der Waals surface area contributed by atoms with E-state index in [9.17, 15) is 4.79 Å². The number of nitrogens with zero attached hydrogens (tertiary/aromatic N) is 8. The second-order valence-corrected chi connectivity index (χ2v) is 7.95. The molecule has 6 rings (SSSR count). The maximum atomic E-state index is 13.4. The van der Waals surface area contributed by atoms with Gasteiger partial charge in [-0.1, -0.05) is 0 Å². The number of carbonyl (C=O) groups is 1. The van der Waals surface area contributed by atoms with Crippen LogP contribution >= 0.6 is 0 Å². The summed E-state index contributed by atoms with van der Waals surface area (Å²) in [5, 5.41) is 4.67. The minimum absolute atomic E-state index is 0.135. The normalized spacial score (nSPS) is 15.7. The lowest BCUT2D eigenvalue weighted by Gasteiger charge is -2.17. The molecule has 0 fully saturated rings. The van der Waals surface area contributed by atoms with Gasteiger partial charge in [-0.15, -0.1) is 0 Å². The topological polar surface area (TPSA) is 93.6 Å². The molecule has 0 N–H and O–H groups in total. The highest BCUT2D eigenvalue weighted by Crippen LogP contribution is 2.31. The number of hydrogen-bond acceptors (Lipinski definition) is 6. The molecule has 31 heavy (non-hydrogen) atoms. The second kappa shape index (κ2) is 6.56. The number of aliphatic imine (C=N–C) groups is 1. The van der Waals surface area contributed by atoms with Crippen LogP contribution in [-0.4, -0.2) is 59.2 Å². The number of pyridine rings is 1. The van der Waals surface area contributed by atoms with E-state index < -0.39 is 0 Å². The highest BCUT2D eigenvalue weighted by Gasteiger charge is 2.27. The van der Waals surface area contributed by atoms with Crippen molar-refractivity contribution >= 4 is 17.4 Å². The summed E-state index contributed by atoms with van der Waals surface area (Å²) in [5.41, 5.74) is 6.67. The Morgan fingerprint density at radius 2 is 2.03 bits per heavy atom. The molecule has 0 saturated carbocycles. The summed E-state index contributed by atoms with van der Waals surface area (Å²) < 4.78 is 3.79. The number of aromatic nitrogens is 6. The van der Waals surface area contributed by atoms with Gasteiger partial charge in [-0.3, -0.25) is 23.9 Å². The number of rotatable bonds is 0. The van der Waals surface area contributed by atoms with Crippen molar-refractivity contribution in [3.05, 3.63) is 65.1 Å². The summed E-state index contributed by atoms with van der Waals surface area (Å²) in [6, 6.07) is 3.89. The first-order valence-corrected chi connectivity index (χ1v) is 10.3. The van der Waals surface area contributed by atoms with Crippen molar-refractivity contribution in [2.24, 2.45) is 4.99 Å². The largest absolute Gasteiger partial charge is 0.340 e. The summed E-state index contributed by atoms with van der Waals surface area (Å²) in [6.07, 6.45) is 8.19. The van der Waals surface area contributed by atoms with Crippen LogP contribution < -0.4 is 0 Å². The van der Waals surface area contributed by atoms with Gasteiger partial charge < -0.3 is 4.90 Å². The summed E-state index contributed by atoms with van der Waals surface area (Å²) in [5.74, 6) is 0.355. The molecule has 9 nitrogen and oxygen atoms in total. The molecule has 6 heterocycles. The molecule has 0 atom stereocenters. The van der Waals surface area contributed by atoms with Gasteiger partial charge in [0.1, 0.15) is 0 Å². The van der Waals surface area contributed by atoms with Crippen LogP contribution in [-0.2, 0) is 13.1 Å². The lowest BCUT2D eigenvalue weighted by molar-refractivity contribution is 0.0787. The fourth-order valence-electron chi connectivity index (χ4n) is 4.35. The molecule has 2 aliphatic heterocycles. The van der Waals surface area contributed by atoms with Crippen LogP contribution in [0.2, 0.25) is 0 Å². The zero-order chi connectivity index (χ0) is 21.1. The van der Waals surface area contributed by atoms with Crippen LogP contribution in [0.4, 0.5) is 0 Å². The van der Waals surface area contributed by atoms with Crippen LogP contribution in [0.15, 0.2) is 41.9 Å². The number of hydrogen-bond donors (Lipinski definition) is 0. The number of aryl methyl sites for hydroxylation is 2. The Labute approximate surface area is 178 Å². The summed E-state index contributed by atoms with van der Waals surface area (Å²) in [7, 11) is 1.81. The zero-order valence-corrected chi connectivity index (χ0v) is 17.3. The van der Waals surface area contributed by atoms with Crippen molar-refractivity contribution in [3.8, 4) is 11.3 Å². The van der Waals surface area contributed by atoms with Gasteiger partial charge >= 0.3 is 0 Å². The van der Waals surface area contributed by atoms with Crippen LogP contribution in [0.3, 0.4) is 0 Å². The Kier molecular flexibility index (Phi) is 3.80. The van der Waals surface area contributed by atoms with Crippen molar-refractivity contribution < 1.29 is 4.79 Å². The van der Waals surface area contributed by atoms with Crippen LogP contribution in [0.5, 0.6) is 0 Å². The van der Waals surface area contributed by atoms with Crippen LogP contribution in [0, 0.1) is 6.92 Å². The van der Waals surface area contributed by atoms with Crippen molar-refractivity contribution in [2.75, 3.05) is 13.6 Å². The van der Waals surface area contributed by atoms with Gasteiger partial charge in [0.05, 0.1) is 29.3 Å². The van der Waals surface area contributed by atoms with E-state index in [2.05, 4.69) is 26.1 Å². The molecule has 0 radical (unpaired) electrons. The van der Waals surface area contributed by atoms with E-state index in [4.69, 9.17) is 4.99 Å². The quantitative estimate of drug-likeness (QED) is 0.441. The Bertz CT molecular complexity index is 1400. The second-order valence-electron chi connectivity index (χ2n) is 7.95. The Morgan fingerprint density at radius 1 is 1.13 bits per heavy atom. The molecule has 4 aromatic heterocycles. The molecule has 0 aliphatic carbocycles. The fourth-order valence-corrected chi connectivity index (χ4v) is 4.35. The molecular formula is C22H20N8O. The number of amides is 1. The summed E-state index contributed by atoms with van der Waals surface area (Å²) >= 11 is 0. The molecule has 1 amide bonds. The van der Waals surface area contributed by atoms with Crippen molar-refractivity contribution in [3.63, 3.8) is 0 Å². The maximum absolute atomic E-state index is 13.4. The van der Waals surface area contributed by atoms with E-state index in [-0.39, 0.29) is 5.91 Å². The Hall–Kier alpha value is -3.88. The third-order valence-electron chi connectivity index (χ3n) is 5.92. The monoisotopic (exact) mass is 412 g/mol. The zero-order valence-electron chi connectivity index (χ0n) is 17.3. The number of fused-ring (bicyclic) bond motifs is 8. The average molecular weight is 412 g/mol. The van der Waals surface area contributed by atoms with Crippen molar-refractivity contribution in [1.29, 1.82) is 0 Å².